The molecule has 1 aromatic heterocycles. The molecule has 2 aliphatic rings. The molecule has 1 N–H and O–H groups in total. The van der Waals surface area contributed by atoms with Crippen LogP contribution in [0.4, 0.5) is 0 Å². The summed E-state index contributed by atoms with van der Waals surface area (Å²) in [6, 6.07) is -0.0285. The molecule has 0 saturated carbocycles. The molecule has 7 nitrogen and oxygen atoms in total. The summed E-state index contributed by atoms with van der Waals surface area (Å²) in [5, 5.41) is 6.71. The standard InChI is InChI=1S/C21H36N6OS.HI/c1-5-22-21(23-14-18-15-29-19(24-18)16(2)3)27-12-10-25(11-13-27)17(4)20(28)26-8-6-7-9-26;/h15-17H,5-14H2,1-4H3,(H,22,23);1H. The van der Waals surface area contributed by atoms with E-state index in [9.17, 15) is 4.79 Å². The number of hydrogen-bond donors (Lipinski definition) is 1. The summed E-state index contributed by atoms with van der Waals surface area (Å²) >= 11 is 1.72. The van der Waals surface area contributed by atoms with E-state index in [2.05, 4.69) is 48.2 Å². The summed E-state index contributed by atoms with van der Waals surface area (Å²) < 4.78 is 0. The van der Waals surface area contributed by atoms with Crippen LogP contribution >= 0.6 is 35.3 Å². The minimum atomic E-state index is -0.0285. The Balaban J connectivity index is 0.00000320. The van der Waals surface area contributed by atoms with Crippen LogP contribution in [-0.4, -0.2) is 83.4 Å². The van der Waals surface area contributed by atoms with Crippen molar-refractivity contribution in [2.75, 3.05) is 45.8 Å². The van der Waals surface area contributed by atoms with Crippen LogP contribution in [0.3, 0.4) is 0 Å². The molecule has 170 valence electrons. The normalized spacial score (nSPS) is 19.2. The average Bonchev–Trinajstić information content (AvgIpc) is 3.42. The van der Waals surface area contributed by atoms with Crippen molar-refractivity contribution in [2.24, 2.45) is 4.99 Å². The first-order valence-electron chi connectivity index (χ1n) is 11.0. The number of nitrogens with zero attached hydrogens (tertiary/aromatic N) is 5. The molecule has 0 bridgehead atoms. The number of piperazine rings is 1. The maximum Gasteiger partial charge on any atom is 0.239 e. The Morgan fingerprint density at radius 1 is 1.13 bits per heavy atom. The Hall–Kier alpha value is -0.940. The molecule has 2 aliphatic heterocycles. The number of amides is 1. The highest BCUT2D eigenvalue weighted by atomic mass is 127. The van der Waals surface area contributed by atoms with Crippen molar-refractivity contribution in [2.45, 2.75) is 59.0 Å². The van der Waals surface area contributed by atoms with Crippen LogP contribution in [0.5, 0.6) is 0 Å². The van der Waals surface area contributed by atoms with Crippen molar-refractivity contribution in [1.29, 1.82) is 0 Å². The topological polar surface area (TPSA) is 64.1 Å². The second kappa shape index (κ2) is 12.2. The van der Waals surface area contributed by atoms with Gasteiger partial charge in [-0.25, -0.2) is 9.98 Å². The number of carbonyl (C=O) groups is 1. The number of nitrogens with one attached hydrogen (secondary N) is 1. The summed E-state index contributed by atoms with van der Waals surface area (Å²) in [4.78, 5) is 28.9. The molecular weight excluding hydrogens is 511 g/mol. The van der Waals surface area contributed by atoms with Gasteiger partial charge in [0.25, 0.3) is 0 Å². The number of thiazole rings is 1. The van der Waals surface area contributed by atoms with Crippen molar-refractivity contribution < 1.29 is 4.79 Å². The molecule has 0 aromatic carbocycles. The molecular formula is C21H37IN6OS. The van der Waals surface area contributed by atoms with E-state index in [-0.39, 0.29) is 30.0 Å². The number of aromatic nitrogens is 1. The maximum atomic E-state index is 12.7. The Bertz CT molecular complexity index is 695. The van der Waals surface area contributed by atoms with Gasteiger partial charge in [-0.2, -0.15) is 0 Å². The highest BCUT2D eigenvalue weighted by Gasteiger charge is 2.30. The lowest BCUT2D eigenvalue weighted by Crippen LogP contribution is -2.57. The van der Waals surface area contributed by atoms with Crippen LogP contribution in [0.1, 0.15) is 57.2 Å². The molecule has 3 rings (SSSR count). The number of rotatable bonds is 6. The third kappa shape index (κ3) is 6.53. The molecule has 1 aromatic rings. The van der Waals surface area contributed by atoms with E-state index in [1.807, 2.05) is 4.90 Å². The molecule has 3 heterocycles. The van der Waals surface area contributed by atoms with Gasteiger partial charge in [0.05, 0.1) is 23.3 Å². The summed E-state index contributed by atoms with van der Waals surface area (Å²) in [6.07, 6.45) is 2.29. The minimum Gasteiger partial charge on any atom is -0.357 e. The number of hydrogen-bond acceptors (Lipinski definition) is 5. The van der Waals surface area contributed by atoms with Gasteiger partial charge in [0, 0.05) is 57.1 Å². The second-order valence-corrected chi connectivity index (χ2v) is 9.12. The van der Waals surface area contributed by atoms with Gasteiger partial charge >= 0.3 is 0 Å². The monoisotopic (exact) mass is 548 g/mol. The predicted octanol–water partition coefficient (Wildman–Crippen LogP) is 2.98. The summed E-state index contributed by atoms with van der Waals surface area (Å²) in [6.45, 7) is 15.4. The van der Waals surface area contributed by atoms with Gasteiger partial charge in [-0.05, 0) is 26.7 Å². The van der Waals surface area contributed by atoms with Gasteiger partial charge in [0.1, 0.15) is 0 Å². The van der Waals surface area contributed by atoms with Gasteiger partial charge in [0.15, 0.2) is 5.96 Å². The van der Waals surface area contributed by atoms with E-state index < -0.39 is 0 Å². The number of carbonyl (C=O) groups excluding carboxylic acids is 1. The fourth-order valence-corrected chi connectivity index (χ4v) is 4.75. The summed E-state index contributed by atoms with van der Waals surface area (Å²) in [5.41, 5.74) is 1.04. The highest BCUT2D eigenvalue weighted by molar-refractivity contribution is 14.0. The van der Waals surface area contributed by atoms with E-state index in [4.69, 9.17) is 9.98 Å². The number of halogens is 1. The lowest BCUT2D eigenvalue weighted by atomic mass is 10.2. The van der Waals surface area contributed by atoms with Gasteiger partial charge in [-0.3, -0.25) is 9.69 Å². The van der Waals surface area contributed by atoms with Crippen LogP contribution < -0.4 is 5.32 Å². The first-order valence-corrected chi connectivity index (χ1v) is 11.9. The lowest BCUT2D eigenvalue weighted by molar-refractivity contribution is -0.135. The summed E-state index contributed by atoms with van der Waals surface area (Å²) in [7, 11) is 0. The zero-order valence-electron chi connectivity index (χ0n) is 18.8. The van der Waals surface area contributed by atoms with Crippen LogP contribution in [-0.2, 0) is 11.3 Å². The molecule has 30 heavy (non-hydrogen) atoms. The zero-order valence-corrected chi connectivity index (χ0v) is 21.9. The van der Waals surface area contributed by atoms with E-state index in [0.717, 1.165) is 70.3 Å². The smallest absolute Gasteiger partial charge is 0.239 e. The van der Waals surface area contributed by atoms with Gasteiger partial charge in [0.2, 0.25) is 5.91 Å². The average molecular weight is 549 g/mol. The number of likely N-dealkylation sites (tertiary alicyclic amines) is 1. The molecule has 9 heteroatoms. The largest absolute Gasteiger partial charge is 0.357 e. The van der Waals surface area contributed by atoms with E-state index in [1.54, 1.807) is 11.3 Å². The van der Waals surface area contributed by atoms with Crippen molar-refractivity contribution >= 4 is 47.2 Å². The number of guanidine groups is 1. The molecule has 0 aliphatic carbocycles. The predicted molar refractivity (Wildman–Crippen MR) is 135 cm³/mol. The molecule has 1 atom stereocenters. The fourth-order valence-electron chi connectivity index (χ4n) is 3.92. The van der Waals surface area contributed by atoms with Crippen molar-refractivity contribution in [1.82, 2.24) is 25.0 Å². The zero-order chi connectivity index (χ0) is 20.8. The minimum absolute atomic E-state index is 0. The first kappa shape index (κ1) is 25.3. The Kier molecular flexibility index (Phi) is 10.3. The maximum absolute atomic E-state index is 12.7. The third-order valence-corrected chi connectivity index (χ3v) is 6.92. The van der Waals surface area contributed by atoms with Gasteiger partial charge < -0.3 is 15.1 Å². The van der Waals surface area contributed by atoms with E-state index in [1.165, 1.54) is 5.01 Å². The molecule has 0 spiro atoms. The quantitative estimate of drug-likeness (QED) is 0.337. The molecule has 1 unspecified atom stereocenters. The molecule has 0 radical (unpaired) electrons. The Morgan fingerprint density at radius 3 is 2.37 bits per heavy atom. The molecule has 2 saturated heterocycles. The van der Waals surface area contributed by atoms with Gasteiger partial charge in [-0.15, -0.1) is 35.3 Å². The van der Waals surface area contributed by atoms with Crippen molar-refractivity contribution in [3.8, 4) is 0 Å². The van der Waals surface area contributed by atoms with Crippen molar-refractivity contribution in [3.05, 3.63) is 16.1 Å². The third-order valence-electron chi connectivity index (χ3n) is 5.73. The summed E-state index contributed by atoms with van der Waals surface area (Å²) in [5.74, 6) is 1.70. The van der Waals surface area contributed by atoms with Crippen molar-refractivity contribution in [3.63, 3.8) is 0 Å². The van der Waals surface area contributed by atoms with Crippen LogP contribution in [0.15, 0.2) is 10.4 Å². The van der Waals surface area contributed by atoms with Gasteiger partial charge in [-0.1, -0.05) is 13.8 Å². The SMILES string of the molecule is CCNC(=NCc1csc(C(C)C)n1)N1CCN(C(C)C(=O)N2CCCC2)CC1.I. The molecule has 2 fully saturated rings. The Labute approximate surface area is 202 Å². The highest BCUT2D eigenvalue weighted by Crippen LogP contribution is 2.19. The Morgan fingerprint density at radius 2 is 1.80 bits per heavy atom. The van der Waals surface area contributed by atoms with Crippen LogP contribution in [0.2, 0.25) is 0 Å². The van der Waals surface area contributed by atoms with Crippen LogP contribution in [0.25, 0.3) is 0 Å². The van der Waals surface area contributed by atoms with Crippen LogP contribution in [0, 0.1) is 0 Å². The van der Waals surface area contributed by atoms with E-state index >= 15 is 0 Å². The number of aliphatic imine (C=N–C) groups is 1. The lowest BCUT2D eigenvalue weighted by Gasteiger charge is -2.39. The molecule has 1 amide bonds. The van der Waals surface area contributed by atoms with E-state index in [0.29, 0.717) is 18.4 Å². The fraction of sp³-hybridized carbons (Fsp3) is 0.762. The first-order chi connectivity index (χ1) is 14.0. The second-order valence-electron chi connectivity index (χ2n) is 8.23.